The number of benzene rings is 2. The number of fused-ring (bicyclic) bond motifs is 1. The molecule has 2 heterocycles. The third kappa shape index (κ3) is 4.95. The van der Waals surface area contributed by atoms with Crippen LogP contribution in [0.25, 0.3) is 0 Å². The molecule has 2 atom stereocenters. The third-order valence-corrected chi connectivity index (χ3v) is 6.80. The molecule has 170 valence electrons. The molecule has 2 aliphatic rings. The summed E-state index contributed by atoms with van der Waals surface area (Å²) in [6.07, 6.45) is 4.07. The van der Waals surface area contributed by atoms with Crippen LogP contribution >= 0.6 is 0 Å². The van der Waals surface area contributed by atoms with E-state index in [2.05, 4.69) is 0 Å². The van der Waals surface area contributed by atoms with Crippen LogP contribution in [0, 0.1) is 11.7 Å². The Labute approximate surface area is 189 Å². The molecule has 0 spiro atoms. The Morgan fingerprint density at radius 2 is 1.75 bits per heavy atom. The third-order valence-electron chi connectivity index (χ3n) is 6.80. The fourth-order valence-corrected chi connectivity index (χ4v) is 5.07. The highest BCUT2D eigenvalue weighted by atomic mass is 19.1. The van der Waals surface area contributed by atoms with Crippen molar-refractivity contribution in [2.45, 2.75) is 44.6 Å². The summed E-state index contributed by atoms with van der Waals surface area (Å²) in [5, 5.41) is 0. The molecule has 0 radical (unpaired) electrons. The fourth-order valence-electron chi connectivity index (χ4n) is 5.07. The number of para-hydroxylation sites is 1. The Morgan fingerprint density at radius 1 is 1.00 bits per heavy atom. The molecule has 2 aromatic rings. The van der Waals surface area contributed by atoms with Gasteiger partial charge in [0.25, 0.3) is 0 Å². The largest absolute Gasteiger partial charge is 0.496 e. The monoisotopic (exact) mass is 438 g/mol. The molecule has 0 aromatic heterocycles. The minimum absolute atomic E-state index is 0.0402. The quantitative estimate of drug-likeness (QED) is 0.688. The second-order valence-corrected chi connectivity index (χ2v) is 8.79. The Balaban J connectivity index is 1.41. The molecule has 2 aromatic carbocycles. The average molecular weight is 439 g/mol. The van der Waals surface area contributed by atoms with E-state index in [9.17, 15) is 14.0 Å². The topological polar surface area (TPSA) is 49.9 Å². The van der Waals surface area contributed by atoms with Crippen molar-refractivity contribution in [1.82, 2.24) is 9.80 Å². The predicted molar refractivity (Wildman–Crippen MR) is 121 cm³/mol. The van der Waals surface area contributed by atoms with Crippen LogP contribution in [0.5, 0.6) is 5.75 Å². The van der Waals surface area contributed by atoms with Gasteiger partial charge in [0.05, 0.1) is 19.6 Å². The van der Waals surface area contributed by atoms with Crippen molar-refractivity contribution < 1.29 is 18.7 Å². The number of carbonyl (C=O) groups is 2. The summed E-state index contributed by atoms with van der Waals surface area (Å²) in [5.41, 5.74) is 1.46. The number of likely N-dealkylation sites (tertiary alicyclic amines) is 2. The molecule has 0 bridgehead atoms. The van der Waals surface area contributed by atoms with Gasteiger partial charge < -0.3 is 14.5 Å². The van der Waals surface area contributed by atoms with Gasteiger partial charge in [-0.15, -0.1) is 0 Å². The summed E-state index contributed by atoms with van der Waals surface area (Å²) in [7, 11) is 1.62. The van der Waals surface area contributed by atoms with Crippen LogP contribution in [0.1, 0.15) is 36.8 Å². The summed E-state index contributed by atoms with van der Waals surface area (Å²) in [4.78, 5) is 30.0. The molecule has 4 rings (SSSR count). The van der Waals surface area contributed by atoms with Gasteiger partial charge in [0.2, 0.25) is 11.8 Å². The molecule has 2 fully saturated rings. The molecule has 5 nitrogen and oxygen atoms in total. The molecule has 2 amide bonds. The van der Waals surface area contributed by atoms with E-state index in [4.69, 9.17) is 4.74 Å². The van der Waals surface area contributed by atoms with E-state index in [1.807, 2.05) is 34.1 Å². The van der Waals surface area contributed by atoms with Crippen molar-refractivity contribution in [2.75, 3.05) is 26.7 Å². The molecule has 32 heavy (non-hydrogen) atoms. The summed E-state index contributed by atoms with van der Waals surface area (Å²) >= 11 is 0. The fraction of sp³-hybridized carbons (Fsp3) is 0.462. The van der Waals surface area contributed by atoms with Gasteiger partial charge in [0.15, 0.2) is 0 Å². The van der Waals surface area contributed by atoms with Crippen LogP contribution in [0.3, 0.4) is 0 Å². The first-order valence-corrected chi connectivity index (χ1v) is 11.5. The number of nitrogens with zero attached hydrogens (tertiary/aromatic N) is 2. The Hall–Kier alpha value is -2.89. The lowest BCUT2D eigenvalue weighted by atomic mass is 9.98. The highest BCUT2D eigenvalue weighted by Gasteiger charge is 2.41. The van der Waals surface area contributed by atoms with Crippen molar-refractivity contribution in [3.05, 3.63) is 65.5 Å². The van der Waals surface area contributed by atoms with Crippen LogP contribution in [-0.2, 0) is 22.4 Å². The first kappa shape index (κ1) is 22.3. The van der Waals surface area contributed by atoms with Gasteiger partial charge in [-0.3, -0.25) is 9.59 Å². The summed E-state index contributed by atoms with van der Waals surface area (Å²) in [5.74, 6) is 0.894. The lowest BCUT2D eigenvalue weighted by molar-refractivity contribution is -0.134. The molecule has 6 heteroatoms. The van der Waals surface area contributed by atoms with E-state index >= 15 is 0 Å². The van der Waals surface area contributed by atoms with Crippen LogP contribution < -0.4 is 4.74 Å². The van der Waals surface area contributed by atoms with Gasteiger partial charge in [-0.25, -0.2) is 4.39 Å². The summed E-state index contributed by atoms with van der Waals surface area (Å²) in [6.45, 7) is 1.98. The molecule has 0 unspecified atom stereocenters. The van der Waals surface area contributed by atoms with Crippen LogP contribution in [0.4, 0.5) is 4.39 Å². The highest BCUT2D eigenvalue weighted by Crippen LogP contribution is 2.31. The number of hydrogen-bond donors (Lipinski definition) is 0. The van der Waals surface area contributed by atoms with Gasteiger partial charge >= 0.3 is 0 Å². The molecular formula is C26H31FN2O3. The number of carbonyl (C=O) groups excluding carboxylic acids is 2. The van der Waals surface area contributed by atoms with E-state index in [1.165, 1.54) is 6.07 Å². The maximum absolute atomic E-state index is 13.9. The van der Waals surface area contributed by atoms with E-state index in [1.54, 1.807) is 25.3 Å². The zero-order chi connectivity index (χ0) is 22.5. The number of hydrogen-bond acceptors (Lipinski definition) is 3. The van der Waals surface area contributed by atoms with Crippen LogP contribution in [0.2, 0.25) is 0 Å². The van der Waals surface area contributed by atoms with Crippen molar-refractivity contribution in [1.29, 1.82) is 0 Å². The first-order valence-electron chi connectivity index (χ1n) is 11.5. The minimum Gasteiger partial charge on any atom is -0.496 e. The lowest BCUT2D eigenvalue weighted by Gasteiger charge is -2.30. The van der Waals surface area contributed by atoms with Crippen LogP contribution in [-0.4, -0.2) is 54.4 Å². The molecule has 0 aliphatic carbocycles. The second-order valence-electron chi connectivity index (χ2n) is 8.79. The Bertz CT molecular complexity index is 964. The number of ether oxygens (including phenoxy) is 1. The summed E-state index contributed by atoms with van der Waals surface area (Å²) in [6, 6.07) is 14.3. The average Bonchev–Trinajstić information content (AvgIpc) is 3.12. The molecule has 0 N–H and O–H groups in total. The van der Waals surface area contributed by atoms with E-state index in [0.29, 0.717) is 37.4 Å². The Kier molecular flexibility index (Phi) is 7.08. The minimum atomic E-state index is -0.264. The standard InChI is InChI=1S/C26H31FN2O3/c1-32-24-12-5-3-9-20(24)16-26(31)29-15-7-6-10-21-17-28(18-23(21)29)25(30)14-13-19-8-2-4-11-22(19)27/h2-5,8-9,11-12,21,23H,6-7,10,13-18H2,1H3/t21-,23+/m0/s1. The van der Waals surface area contributed by atoms with Gasteiger partial charge in [-0.05, 0) is 42.9 Å². The predicted octanol–water partition coefficient (Wildman–Crippen LogP) is 3.85. The van der Waals surface area contributed by atoms with Crippen molar-refractivity contribution >= 4 is 11.8 Å². The number of amides is 2. The van der Waals surface area contributed by atoms with Crippen molar-refractivity contribution in [3.63, 3.8) is 0 Å². The Morgan fingerprint density at radius 3 is 2.53 bits per heavy atom. The second kappa shape index (κ2) is 10.2. The number of aryl methyl sites for hydroxylation is 1. The van der Waals surface area contributed by atoms with E-state index < -0.39 is 0 Å². The van der Waals surface area contributed by atoms with Crippen molar-refractivity contribution in [2.24, 2.45) is 5.92 Å². The van der Waals surface area contributed by atoms with Gasteiger partial charge in [-0.2, -0.15) is 0 Å². The number of halogens is 1. The molecule has 0 saturated carbocycles. The summed E-state index contributed by atoms with van der Waals surface area (Å²) < 4.78 is 19.3. The smallest absolute Gasteiger partial charge is 0.227 e. The maximum Gasteiger partial charge on any atom is 0.227 e. The van der Waals surface area contributed by atoms with E-state index in [0.717, 1.165) is 37.1 Å². The van der Waals surface area contributed by atoms with E-state index in [-0.39, 0.29) is 30.1 Å². The highest BCUT2D eigenvalue weighted by molar-refractivity contribution is 5.81. The zero-order valence-corrected chi connectivity index (χ0v) is 18.6. The maximum atomic E-state index is 13.9. The molecule has 2 aliphatic heterocycles. The molecule has 2 saturated heterocycles. The van der Waals surface area contributed by atoms with Gasteiger partial charge in [-0.1, -0.05) is 42.8 Å². The first-order chi connectivity index (χ1) is 15.6. The number of rotatable bonds is 6. The SMILES string of the molecule is COc1ccccc1CC(=O)N1CCCC[C@H]2CN(C(=O)CCc3ccccc3F)C[C@H]21. The normalized spacial score (nSPS) is 20.6. The van der Waals surface area contributed by atoms with Crippen molar-refractivity contribution in [3.8, 4) is 5.75 Å². The van der Waals surface area contributed by atoms with Gasteiger partial charge in [0.1, 0.15) is 11.6 Å². The number of methoxy groups -OCH3 is 1. The van der Waals surface area contributed by atoms with Crippen LogP contribution in [0.15, 0.2) is 48.5 Å². The lowest BCUT2D eigenvalue weighted by Crippen LogP contribution is -2.45. The van der Waals surface area contributed by atoms with Gasteiger partial charge in [0, 0.05) is 31.6 Å². The molecular weight excluding hydrogens is 407 g/mol. The zero-order valence-electron chi connectivity index (χ0n) is 18.6.